The highest BCUT2D eigenvalue weighted by Crippen LogP contribution is 2.36. The Hall–Kier alpha value is -1.71. The largest absolute Gasteiger partial charge is 0.375 e. The van der Waals surface area contributed by atoms with Gasteiger partial charge in [-0.05, 0) is 38.7 Å². The number of hydrogen-bond acceptors (Lipinski definition) is 6. The molecule has 2 fully saturated rings. The Labute approximate surface area is 160 Å². The number of nitrogens with zero attached hydrogens (tertiary/aromatic N) is 4. The molecular formula is C18H27N5O3S. The molecule has 0 spiro atoms. The van der Waals surface area contributed by atoms with Crippen molar-refractivity contribution in [2.45, 2.75) is 44.9 Å². The van der Waals surface area contributed by atoms with Crippen molar-refractivity contribution in [2.75, 3.05) is 30.9 Å². The molecule has 0 aromatic carbocycles. The van der Waals surface area contributed by atoms with Crippen LogP contribution >= 0.6 is 0 Å². The zero-order valence-corrected chi connectivity index (χ0v) is 16.8. The van der Waals surface area contributed by atoms with Crippen LogP contribution in [0.1, 0.15) is 26.7 Å². The molecule has 1 saturated carbocycles. The molecule has 0 unspecified atom stereocenters. The molecule has 4 rings (SSSR count). The Bertz CT molecular complexity index is 909. The summed E-state index contributed by atoms with van der Waals surface area (Å²) in [5.41, 5.74) is 0.820. The molecule has 2 aromatic rings. The van der Waals surface area contributed by atoms with Crippen LogP contribution < -0.4 is 4.90 Å². The number of morpholine rings is 1. The van der Waals surface area contributed by atoms with E-state index in [1.165, 1.54) is 0 Å². The van der Waals surface area contributed by atoms with Crippen LogP contribution in [-0.2, 0) is 14.8 Å². The Morgan fingerprint density at radius 1 is 1.33 bits per heavy atom. The Balaban J connectivity index is 1.38. The highest BCUT2D eigenvalue weighted by molar-refractivity contribution is 7.89. The molecule has 0 amide bonds. The molecule has 8 nitrogen and oxygen atoms in total. The van der Waals surface area contributed by atoms with Crippen LogP contribution in [0.3, 0.4) is 0 Å². The maximum Gasteiger partial charge on any atom is 0.214 e. The van der Waals surface area contributed by atoms with Crippen molar-refractivity contribution >= 4 is 26.9 Å². The van der Waals surface area contributed by atoms with Gasteiger partial charge in [0, 0.05) is 31.9 Å². The summed E-state index contributed by atoms with van der Waals surface area (Å²) in [5, 5.41) is 0.993. The van der Waals surface area contributed by atoms with Gasteiger partial charge in [-0.25, -0.2) is 18.4 Å². The van der Waals surface area contributed by atoms with Gasteiger partial charge in [0.05, 0.1) is 23.8 Å². The normalized spacial score (nSPS) is 29.6. The minimum absolute atomic E-state index is 0.0437. The average Bonchev–Trinajstić information content (AvgIpc) is 3.08. The summed E-state index contributed by atoms with van der Waals surface area (Å²) in [6.45, 7) is 4.76. The lowest BCUT2D eigenvalue weighted by Gasteiger charge is -2.43. The van der Waals surface area contributed by atoms with E-state index < -0.39 is 10.0 Å². The van der Waals surface area contributed by atoms with E-state index in [0.29, 0.717) is 19.2 Å². The van der Waals surface area contributed by atoms with Gasteiger partial charge in [-0.15, -0.1) is 0 Å². The summed E-state index contributed by atoms with van der Waals surface area (Å²) >= 11 is 0. The smallest absolute Gasteiger partial charge is 0.214 e. The second-order valence-electron chi connectivity index (χ2n) is 7.88. The Morgan fingerprint density at radius 3 is 2.89 bits per heavy atom. The fourth-order valence-corrected chi connectivity index (χ4v) is 6.23. The molecule has 1 aliphatic carbocycles. The van der Waals surface area contributed by atoms with Crippen molar-refractivity contribution in [2.24, 2.45) is 5.92 Å². The first-order valence-corrected chi connectivity index (χ1v) is 11.1. The molecule has 27 heavy (non-hydrogen) atoms. The van der Waals surface area contributed by atoms with Gasteiger partial charge >= 0.3 is 0 Å². The van der Waals surface area contributed by atoms with Crippen LogP contribution in [0.15, 0.2) is 18.6 Å². The lowest BCUT2D eigenvalue weighted by molar-refractivity contribution is -0.0172. The molecule has 2 atom stereocenters. The van der Waals surface area contributed by atoms with E-state index in [-0.39, 0.29) is 23.8 Å². The summed E-state index contributed by atoms with van der Waals surface area (Å²) in [6, 6.07) is 2.19. The van der Waals surface area contributed by atoms with Gasteiger partial charge in [-0.3, -0.25) is 0 Å². The van der Waals surface area contributed by atoms with Crippen LogP contribution in [0.4, 0.5) is 5.82 Å². The highest BCUT2D eigenvalue weighted by atomic mass is 32.2. The lowest BCUT2D eigenvalue weighted by Crippen LogP contribution is -2.53. The zero-order chi connectivity index (χ0) is 19.2. The number of nitrogens with one attached hydrogen (secondary N) is 1. The van der Waals surface area contributed by atoms with Gasteiger partial charge in [-0.1, -0.05) is 0 Å². The monoisotopic (exact) mass is 393 g/mol. The third-order valence-electron chi connectivity index (χ3n) is 5.78. The van der Waals surface area contributed by atoms with E-state index in [9.17, 15) is 8.42 Å². The van der Waals surface area contributed by atoms with Crippen LogP contribution in [0.25, 0.3) is 11.0 Å². The van der Waals surface area contributed by atoms with Crippen LogP contribution in [0, 0.1) is 5.92 Å². The molecule has 2 aliphatic rings. The number of H-pyrrole nitrogens is 1. The zero-order valence-electron chi connectivity index (χ0n) is 16.0. The highest BCUT2D eigenvalue weighted by Gasteiger charge is 2.40. The van der Waals surface area contributed by atoms with Gasteiger partial charge in [0.25, 0.3) is 0 Å². The number of fused-ring (bicyclic) bond motifs is 1. The minimum atomic E-state index is -3.26. The third-order valence-corrected chi connectivity index (χ3v) is 7.90. The fourth-order valence-electron chi connectivity index (χ4n) is 4.12. The van der Waals surface area contributed by atoms with E-state index in [4.69, 9.17) is 4.74 Å². The quantitative estimate of drug-likeness (QED) is 0.830. The first-order valence-electron chi connectivity index (χ1n) is 9.47. The maximum absolute atomic E-state index is 12.9. The number of anilines is 1. The van der Waals surface area contributed by atoms with Gasteiger partial charge < -0.3 is 14.6 Å². The summed E-state index contributed by atoms with van der Waals surface area (Å²) in [4.78, 5) is 13.9. The number of aromatic nitrogens is 3. The fraction of sp³-hybridized carbons (Fsp3) is 0.667. The van der Waals surface area contributed by atoms with Crippen molar-refractivity contribution in [3.8, 4) is 0 Å². The molecule has 3 heterocycles. The molecule has 148 valence electrons. The molecule has 1 aliphatic heterocycles. The van der Waals surface area contributed by atoms with Gasteiger partial charge in [0.2, 0.25) is 10.0 Å². The second-order valence-corrected chi connectivity index (χ2v) is 9.85. The minimum Gasteiger partial charge on any atom is -0.375 e. The predicted molar refractivity (Wildman–Crippen MR) is 104 cm³/mol. The van der Waals surface area contributed by atoms with Gasteiger partial charge in [0.15, 0.2) is 0 Å². The predicted octanol–water partition coefficient (Wildman–Crippen LogP) is 1.61. The van der Waals surface area contributed by atoms with Crippen LogP contribution in [0.5, 0.6) is 0 Å². The topological polar surface area (TPSA) is 91.4 Å². The lowest BCUT2D eigenvalue weighted by atomic mass is 9.81. The van der Waals surface area contributed by atoms with E-state index in [1.807, 2.05) is 33.2 Å². The van der Waals surface area contributed by atoms with Gasteiger partial charge in [-0.2, -0.15) is 4.31 Å². The van der Waals surface area contributed by atoms with Crippen molar-refractivity contribution in [3.63, 3.8) is 0 Å². The van der Waals surface area contributed by atoms with Crippen LogP contribution in [0.2, 0.25) is 0 Å². The number of sulfonamides is 1. The van der Waals surface area contributed by atoms with Crippen molar-refractivity contribution in [1.82, 2.24) is 19.3 Å². The first-order chi connectivity index (χ1) is 12.8. The van der Waals surface area contributed by atoms with Crippen molar-refractivity contribution in [3.05, 3.63) is 18.6 Å². The summed E-state index contributed by atoms with van der Waals surface area (Å²) < 4.78 is 32.9. The molecular weight excluding hydrogens is 366 g/mol. The number of ether oxygens (including phenoxy) is 1. The number of aromatic amines is 1. The second kappa shape index (κ2) is 7.03. The molecule has 9 heteroatoms. The Morgan fingerprint density at radius 2 is 2.11 bits per heavy atom. The summed E-state index contributed by atoms with van der Waals surface area (Å²) in [5.74, 6) is 1.30. The summed E-state index contributed by atoms with van der Waals surface area (Å²) in [6.07, 6.45) is 5.10. The number of hydrogen-bond donors (Lipinski definition) is 1. The average molecular weight is 394 g/mol. The molecule has 1 N–H and O–H groups in total. The van der Waals surface area contributed by atoms with E-state index in [2.05, 4.69) is 19.9 Å². The standard InChI is InChI=1S/C18H27N5O3S/c1-12-9-26-13(2)8-23(12)27(24,25)10-14-6-15(7-14)22(3)18-16-4-5-19-17(16)20-11-21-18/h4-5,11-15H,6-10H2,1-3H3,(H,19,20,21)/t12-,13-,14-,15+/m1/s1. The van der Waals surface area contributed by atoms with Gasteiger partial charge in [0.1, 0.15) is 17.8 Å². The van der Waals surface area contributed by atoms with Crippen molar-refractivity contribution < 1.29 is 13.2 Å². The van der Waals surface area contributed by atoms with E-state index in [1.54, 1.807) is 10.6 Å². The van der Waals surface area contributed by atoms with E-state index in [0.717, 1.165) is 29.7 Å². The number of rotatable bonds is 5. The molecule has 2 aromatic heterocycles. The third kappa shape index (κ3) is 3.55. The van der Waals surface area contributed by atoms with Crippen LogP contribution in [-0.4, -0.2) is 71.8 Å². The molecule has 0 bridgehead atoms. The first kappa shape index (κ1) is 18.6. The Kier molecular flexibility index (Phi) is 4.85. The van der Waals surface area contributed by atoms with Crippen molar-refractivity contribution in [1.29, 1.82) is 0 Å². The van der Waals surface area contributed by atoms with E-state index >= 15 is 0 Å². The SMILES string of the molecule is C[C@@H]1CN(S(=O)(=O)C[C@H]2C[C@@H](N(C)c3ncnc4[nH]ccc34)C2)[C@H](C)CO1. The molecule has 0 radical (unpaired) electrons. The molecule has 1 saturated heterocycles. The maximum atomic E-state index is 12.9. The summed E-state index contributed by atoms with van der Waals surface area (Å²) in [7, 11) is -1.24.